The summed E-state index contributed by atoms with van der Waals surface area (Å²) in [5.74, 6) is -0.580. The molecular formula is C15H12ClN3O2. The van der Waals surface area contributed by atoms with Crippen molar-refractivity contribution in [3.63, 3.8) is 0 Å². The molecule has 0 aliphatic heterocycles. The number of nitrogens with zero attached hydrogens (tertiary/aromatic N) is 2. The van der Waals surface area contributed by atoms with Gasteiger partial charge in [0.2, 0.25) is 0 Å². The molecule has 2 aromatic heterocycles. The first-order valence-electron chi connectivity index (χ1n) is 6.31. The van der Waals surface area contributed by atoms with Crippen molar-refractivity contribution in [1.82, 2.24) is 15.0 Å². The van der Waals surface area contributed by atoms with Crippen LogP contribution in [0.2, 0.25) is 5.02 Å². The smallest absolute Gasteiger partial charge is 0.276 e. The Morgan fingerprint density at radius 3 is 2.76 bits per heavy atom. The molecule has 3 rings (SSSR count). The lowest BCUT2D eigenvalue weighted by molar-refractivity contribution is 0.0706. The number of hydroxylamine groups is 1. The number of rotatable bonds is 3. The van der Waals surface area contributed by atoms with Gasteiger partial charge in [0.15, 0.2) is 0 Å². The standard InChI is InChI=1S/C15H12ClN3O2/c16-12-3-1-10(2-4-12)9-19-6-5-13-14(19)7-11(8-17-13)15(20)18-21/h1-8,21H,9H2,(H,18,20). The van der Waals surface area contributed by atoms with Gasteiger partial charge >= 0.3 is 0 Å². The fraction of sp³-hybridized carbons (Fsp3) is 0.0667. The maximum absolute atomic E-state index is 11.5. The highest BCUT2D eigenvalue weighted by Crippen LogP contribution is 2.18. The summed E-state index contributed by atoms with van der Waals surface area (Å²) in [6.45, 7) is 0.645. The number of aromatic nitrogens is 2. The first kappa shape index (κ1) is 13.6. The number of pyridine rings is 1. The number of carbonyl (C=O) groups excluding carboxylic acids is 1. The Balaban J connectivity index is 1.98. The zero-order valence-corrected chi connectivity index (χ0v) is 11.7. The van der Waals surface area contributed by atoms with E-state index in [0.29, 0.717) is 17.1 Å². The molecular weight excluding hydrogens is 290 g/mol. The molecule has 0 unspecified atom stereocenters. The van der Waals surface area contributed by atoms with E-state index in [4.69, 9.17) is 16.8 Å². The van der Waals surface area contributed by atoms with E-state index in [-0.39, 0.29) is 0 Å². The SMILES string of the molecule is O=C(NO)c1cnc2ccn(Cc3ccc(Cl)cc3)c2c1. The molecule has 0 saturated heterocycles. The summed E-state index contributed by atoms with van der Waals surface area (Å²) >= 11 is 5.88. The predicted molar refractivity (Wildman–Crippen MR) is 79.5 cm³/mol. The van der Waals surface area contributed by atoms with Gasteiger partial charge in [-0.05, 0) is 29.8 Å². The largest absolute Gasteiger partial charge is 0.342 e. The van der Waals surface area contributed by atoms with Crippen molar-refractivity contribution in [1.29, 1.82) is 0 Å². The maximum Gasteiger partial charge on any atom is 0.276 e. The molecule has 0 aliphatic rings. The van der Waals surface area contributed by atoms with Crippen LogP contribution in [0.25, 0.3) is 11.0 Å². The zero-order chi connectivity index (χ0) is 14.8. The summed E-state index contributed by atoms with van der Waals surface area (Å²) in [5.41, 5.74) is 4.62. The van der Waals surface area contributed by atoms with Crippen LogP contribution in [0.15, 0.2) is 48.8 Å². The van der Waals surface area contributed by atoms with Gasteiger partial charge in [0.05, 0.1) is 16.6 Å². The highest BCUT2D eigenvalue weighted by Gasteiger charge is 2.09. The molecule has 5 nitrogen and oxygen atoms in total. The molecule has 0 spiro atoms. The van der Waals surface area contributed by atoms with E-state index in [1.807, 2.05) is 41.1 Å². The van der Waals surface area contributed by atoms with Gasteiger partial charge in [-0.2, -0.15) is 0 Å². The third-order valence-electron chi connectivity index (χ3n) is 3.25. The summed E-state index contributed by atoms with van der Waals surface area (Å²) < 4.78 is 1.99. The lowest BCUT2D eigenvalue weighted by Crippen LogP contribution is -2.18. The topological polar surface area (TPSA) is 67.2 Å². The Labute approximate surface area is 125 Å². The summed E-state index contributed by atoms with van der Waals surface area (Å²) in [7, 11) is 0. The Hall–Kier alpha value is -2.37. The molecule has 106 valence electrons. The molecule has 0 bridgehead atoms. The van der Waals surface area contributed by atoms with Crippen molar-refractivity contribution >= 4 is 28.5 Å². The number of nitrogens with one attached hydrogen (secondary N) is 1. The van der Waals surface area contributed by atoms with Gasteiger partial charge in [0, 0.05) is 24.0 Å². The van der Waals surface area contributed by atoms with Crippen LogP contribution in [0.1, 0.15) is 15.9 Å². The van der Waals surface area contributed by atoms with Crippen molar-refractivity contribution < 1.29 is 10.0 Å². The Kier molecular flexibility index (Phi) is 3.60. The Morgan fingerprint density at radius 2 is 2.05 bits per heavy atom. The molecule has 1 aromatic carbocycles. The number of hydrogen-bond acceptors (Lipinski definition) is 3. The molecule has 3 aromatic rings. The third-order valence-corrected chi connectivity index (χ3v) is 3.50. The number of halogens is 1. The summed E-state index contributed by atoms with van der Waals surface area (Å²) in [4.78, 5) is 15.7. The second-order valence-corrected chi connectivity index (χ2v) is 5.08. The van der Waals surface area contributed by atoms with Crippen LogP contribution in [0.3, 0.4) is 0 Å². The molecule has 21 heavy (non-hydrogen) atoms. The maximum atomic E-state index is 11.5. The quantitative estimate of drug-likeness (QED) is 0.577. The van der Waals surface area contributed by atoms with Crippen molar-refractivity contribution in [3.8, 4) is 0 Å². The van der Waals surface area contributed by atoms with Crippen LogP contribution in [-0.2, 0) is 6.54 Å². The van der Waals surface area contributed by atoms with Crippen molar-refractivity contribution in [2.45, 2.75) is 6.54 Å². The predicted octanol–water partition coefficient (Wildman–Crippen LogP) is 2.86. The number of carbonyl (C=O) groups is 1. The molecule has 0 fully saturated rings. The lowest BCUT2D eigenvalue weighted by atomic mass is 10.2. The van der Waals surface area contributed by atoms with E-state index in [0.717, 1.165) is 16.6 Å². The molecule has 0 radical (unpaired) electrons. The van der Waals surface area contributed by atoms with Gasteiger partial charge in [0.1, 0.15) is 0 Å². The second kappa shape index (κ2) is 5.55. The normalized spacial score (nSPS) is 10.8. The number of hydrogen-bond donors (Lipinski definition) is 2. The van der Waals surface area contributed by atoms with Crippen LogP contribution in [0.5, 0.6) is 0 Å². The molecule has 6 heteroatoms. The van der Waals surface area contributed by atoms with Crippen LogP contribution in [0, 0.1) is 0 Å². The van der Waals surface area contributed by atoms with Gasteiger partial charge in [0.25, 0.3) is 5.91 Å². The summed E-state index contributed by atoms with van der Waals surface area (Å²) in [6, 6.07) is 11.2. The minimum absolute atomic E-state index is 0.307. The van der Waals surface area contributed by atoms with Gasteiger partial charge in [-0.25, -0.2) is 5.48 Å². The molecule has 0 saturated carbocycles. The van der Waals surface area contributed by atoms with Crippen molar-refractivity contribution in [3.05, 3.63) is 64.9 Å². The van der Waals surface area contributed by atoms with Gasteiger partial charge in [-0.15, -0.1) is 0 Å². The monoisotopic (exact) mass is 301 g/mol. The van der Waals surface area contributed by atoms with Crippen molar-refractivity contribution in [2.24, 2.45) is 0 Å². The minimum atomic E-state index is -0.580. The van der Waals surface area contributed by atoms with E-state index < -0.39 is 5.91 Å². The summed E-state index contributed by atoms with van der Waals surface area (Å²) in [6.07, 6.45) is 3.34. The fourth-order valence-corrected chi connectivity index (χ4v) is 2.30. The number of fused-ring (bicyclic) bond motifs is 1. The van der Waals surface area contributed by atoms with Crippen molar-refractivity contribution in [2.75, 3.05) is 0 Å². The third kappa shape index (κ3) is 2.74. The molecule has 2 heterocycles. The minimum Gasteiger partial charge on any atom is -0.342 e. The first-order valence-corrected chi connectivity index (χ1v) is 6.69. The van der Waals surface area contributed by atoms with Crippen LogP contribution in [0.4, 0.5) is 0 Å². The van der Waals surface area contributed by atoms with E-state index >= 15 is 0 Å². The molecule has 0 atom stereocenters. The van der Waals surface area contributed by atoms with E-state index in [9.17, 15) is 4.79 Å². The highest BCUT2D eigenvalue weighted by molar-refractivity contribution is 6.30. The lowest BCUT2D eigenvalue weighted by Gasteiger charge is -2.06. The second-order valence-electron chi connectivity index (χ2n) is 4.64. The number of amides is 1. The molecule has 0 aliphatic carbocycles. The molecule has 2 N–H and O–H groups in total. The van der Waals surface area contributed by atoms with E-state index in [2.05, 4.69) is 4.98 Å². The van der Waals surface area contributed by atoms with Gasteiger partial charge < -0.3 is 4.57 Å². The number of benzene rings is 1. The van der Waals surface area contributed by atoms with Crippen LogP contribution < -0.4 is 5.48 Å². The van der Waals surface area contributed by atoms with E-state index in [1.165, 1.54) is 6.20 Å². The molecule has 1 amide bonds. The van der Waals surface area contributed by atoms with Crippen LogP contribution >= 0.6 is 11.6 Å². The Morgan fingerprint density at radius 1 is 1.29 bits per heavy atom. The summed E-state index contributed by atoms with van der Waals surface area (Å²) in [5, 5.41) is 9.39. The zero-order valence-electron chi connectivity index (χ0n) is 11.0. The van der Waals surface area contributed by atoms with E-state index in [1.54, 1.807) is 11.5 Å². The van der Waals surface area contributed by atoms with Crippen LogP contribution in [-0.4, -0.2) is 20.7 Å². The first-order chi connectivity index (χ1) is 10.2. The highest BCUT2D eigenvalue weighted by atomic mass is 35.5. The average Bonchev–Trinajstić information content (AvgIpc) is 2.91. The Bertz CT molecular complexity index is 796. The fourth-order valence-electron chi connectivity index (χ4n) is 2.18. The van der Waals surface area contributed by atoms with Gasteiger partial charge in [-0.1, -0.05) is 23.7 Å². The van der Waals surface area contributed by atoms with Gasteiger partial charge in [-0.3, -0.25) is 15.0 Å². The average molecular weight is 302 g/mol.